The number of benzene rings is 10. The van der Waals surface area contributed by atoms with Crippen molar-refractivity contribution in [2.24, 2.45) is 5.73 Å². The minimum atomic E-state index is -4.39. The lowest BCUT2D eigenvalue weighted by molar-refractivity contribution is -0.144. The van der Waals surface area contributed by atoms with E-state index in [9.17, 15) is 80.2 Å². The summed E-state index contributed by atoms with van der Waals surface area (Å²) in [7, 11) is -0.234. The highest BCUT2D eigenvalue weighted by atomic mass is 79.9. The molecule has 0 fully saturated rings. The van der Waals surface area contributed by atoms with Crippen LogP contribution in [0.4, 0.5) is 94.3 Å². The Hall–Kier alpha value is -14.4. The van der Waals surface area contributed by atoms with Crippen LogP contribution in [0.5, 0.6) is 0 Å². The lowest BCUT2D eigenvalue weighted by atomic mass is 9.80. The second-order valence-corrected chi connectivity index (χ2v) is 25.6. The van der Waals surface area contributed by atoms with Gasteiger partial charge >= 0.3 is 55.9 Å². The van der Waals surface area contributed by atoms with Gasteiger partial charge in [0.2, 0.25) is 17.5 Å². The van der Waals surface area contributed by atoms with Crippen molar-refractivity contribution in [2.75, 3.05) is 42.0 Å². The van der Waals surface area contributed by atoms with Gasteiger partial charge in [0, 0.05) is 45.1 Å². The zero-order valence-corrected chi connectivity index (χ0v) is 67.6. The third-order valence-corrected chi connectivity index (χ3v) is 16.7. The number of alkyl halides is 16. The molecule has 10 aromatic carbocycles. The van der Waals surface area contributed by atoms with Crippen LogP contribution in [0, 0.1) is 22.7 Å². The number of aromatic nitrogens is 12. The number of esters is 2. The Morgan fingerprint density at radius 3 is 1.20 bits per heavy atom. The van der Waals surface area contributed by atoms with E-state index in [2.05, 4.69) is 94.5 Å². The van der Waals surface area contributed by atoms with Crippen LogP contribution >= 0.6 is 15.9 Å². The maximum Gasteiger partial charge on any atom is 0.488 e. The molecule has 0 radical (unpaired) electrons. The van der Waals surface area contributed by atoms with Crippen LogP contribution in [0.25, 0.3) is 34.2 Å². The molecule has 0 aliphatic heterocycles. The fraction of sp³-hybridized carbons (Fsp3) is 0.181. The van der Waals surface area contributed by atoms with Crippen molar-refractivity contribution >= 4 is 74.9 Å². The molecule has 13 rings (SSSR count). The largest absolute Gasteiger partial charge is 0.488 e. The molecule has 0 amide bonds. The average Bonchev–Trinajstić information content (AvgIpc) is 1.58. The number of tetrazole rings is 3. The zero-order chi connectivity index (χ0) is 92.8. The molecule has 10 N–H and O–H groups in total. The van der Waals surface area contributed by atoms with Crippen LogP contribution in [0.3, 0.4) is 0 Å². The van der Waals surface area contributed by atoms with E-state index in [0.717, 1.165) is 99.1 Å². The molecule has 3 heterocycles. The van der Waals surface area contributed by atoms with Crippen molar-refractivity contribution < 1.29 is 105 Å². The Bertz CT molecular complexity index is 5640. The number of nitrogens with two attached hydrogens (primary N) is 2. The zero-order valence-electron chi connectivity index (χ0n) is 66.0. The van der Waals surface area contributed by atoms with E-state index in [-0.39, 0.29) is 36.2 Å². The van der Waals surface area contributed by atoms with Crippen molar-refractivity contribution in [3.8, 4) is 46.3 Å². The van der Waals surface area contributed by atoms with E-state index in [4.69, 9.17) is 36.1 Å². The van der Waals surface area contributed by atoms with Crippen LogP contribution in [0.2, 0.25) is 0 Å². The number of aliphatic carboxylic acids is 1. The number of carbonyl (C=O) groups excluding carboxylic acids is 2. The van der Waals surface area contributed by atoms with Crippen LogP contribution in [0.15, 0.2) is 243 Å². The second-order valence-electron chi connectivity index (χ2n) is 25.0. The molecule has 0 saturated heterocycles. The number of carboxylic acids is 1. The molecule has 0 atom stereocenters. The topological polar surface area (TPSA) is 396 Å². The van der Waals surface area contributed by atoms with Crippen LogP contribution in [-0.2, 0) is 80.7 Å². The van der Waals surface area contributed by atoms with E-state index >= 15 is 0 Å². The van der Waals surface area contributed by atoms with Gasteiger partial charge in [-0.05, 0) is 192 Å². The average molecular weight is 1830 g/mol. The number of nitrogens with one attached hydrogen (secondary N) is 3. The number of nitrogen functional groups attached to an aromatic ring is 1. The maximum atomic E-state index is 12.7. The second kappa shape index (κ2) is 48.4. The molecule has 13 aromatic rings. The summed E-state index contributed by atoms with van der Waals surface area (Å²) in [6, 6.07) is 62.4. The molecule has 43 heteroatoms. The number of carbonyl (C=O) groups is 3. The number of hydrogen-bond acceptors (Lipinski definition) is 22. The number of carboxylic acid groups (broad SMARTS) is 1. The monoisotopic (exact) mass is 1820 g/mol. The standard InChI is InChI=1S/C18H16F3N5O2.C17H13F3N4O2.C15H10F3N.C14H10F3N5.C7H6BF3O2.C7H6N2.C4H7BrO2.CH5N/c1-2-28-16(27)11-26-24-17(23-25-26)14-5-3-4-6-15(14)22-13-9-7-12(8-10-13)18(19,20)21;18-17(19,20)13-7-5-11(6-8-13)9-12-3-1-2-4-14(12)16-21-23-24(22-16)10-15(25)26;16-15(17,18)14-7-5-11(6-8-14)9-12-3-1-2-4-13(12)10-19;15-14(16,17)9-5-7-10(8-6-9)18-12-4-2-1-3-11(12)13-19-21-22-20-13;9-7(10,11)5-1-3-6(4-2-5)8(12)13;8-5-6-3-1-2-4-7(6)9;1-2-7-4(6)3-5;1-2/h3-10,22H,2,11H2,1H3;1-8H,9-10H2,(H,25,26);1-8H,9H2;1-8,18H,(H,19,20,21,22);1-4,12-13H;1-4H,9H2;2-3H2,1H3;2H2,1H3. The number of H-pyrrole nitrogens is 1. The van der Waals surface area contributed by atoms with Crippen LogP contribution in [0.1, 0.15) is 75.0 Å². The Morgan fingerprint density at radius 2 is 0.817 bits per heavy atom. The van der Waals surface area contributed by atoms with Gasteiger partial charge in [-0.15, -0.1) is 30.6 Å². The number of aromatic amines is 1. The fourth-order valence-corrected chi connectivity index (χ4v) is 10.5. The van der Waals surface area contributed by atoms with Gasteiger partial charge in [0.05, 0.1) is 58.2 Å². The van der Waals surface area contributed by atoms with E-state index in [0.29, 0.717) is 92.4 Å². The summed E-state index contributed by atoms with van der Waals surface area (Å²) >= 11 is 2.94. The highest BCUT2D eigenvalue weighted by Crippen LogP contribution is 2.37. The molecule has 658 valence electrons. The number of hydrogen-bond donors (Lipinski definition) is 8. The third-order valence-electron chi connectivity index (χ3n) is 16.2. The minimum absolute atomic E-state index is 0.0352. The predicted molar refractivity (Wildman–Crippen MR) is 437 cm³/mol. The number of nitrogens with zero attached hydrogens (tertiary/aromatic N) is 13. The molecule has 0 bridgehead atoms. The molecular weight excluding hydrogens is 1750 g/mol. The molecule has 26 nitrogen and oxygen atoms in total. The summed E-state index contributed by atoms with van der Waals surface area (Å²) in [6.07, 6.45) is -21.0. The van der Waals surface area contributed by atoms with Gasteiger partial charge in [-0.1, -0.05) is 143 Å². The van der Waals surface area contributed by atoms with Crippen molar-refractivity contribution in [3.63, 3.8) is 0 Å². The van der Waals surface area contributed by atoms with Crippen molar-refractivity contribution in [1.29, 1.82) is 10.5 Å². The van der Waals surface area contributed by atoms with E-state index < -0.39 is 84.3 Å². The highest BCUT2D eigenvalue weighted by molar-refractivity contribution is 9.09. The SMILES string of the molecule is CCOC(=O)CBr.CCOC(=O)Cn1nnc(-c2ccccc2Nc2ccc(C(F)(F)F)cc2)n1.CN.FC(F)(F)c1ccc(Nc2ccccc2-c2nn[nH]n2)cc1.N#Cc1ccccc1Cc1ccc(C(F)(F)F)cc1.N#Cc1ccccc1N.O=C(O)Cn1nnc(-c2ccccc2Cc2ccc(C(F)(F)F)cc2)n1.OB(O)c1ccc(C(F)(F)F)cc1. The summed E-state index contributed by atoms with van der Waals surface area (Å²) in [5.41, 5.74) is 15.2. The number of ether oxygens (including phenoxy) is 2. The van der Waals surface area contributed by atoms with Gasteiger partial charge in [0.25, 0.3) is 0 Å². The first-order valence-electron chi connectivity index (χ1n) is 36.5. The minimum Gasteiger partial charge on any atom is -0.480 e. The van der Waals surface area contributed by atoms with E-state index in [1.165, 1.54) is 55.6 Å². The Balaban J connectivity index is 0.000000235. The fourth-order valence-electron chi connectivity index (χ4n) is 10.3. The van der Waals surface area contributed by atoms with E-state index in [1.807, 2.05) is 18.2 Å². The van der Waals surface area contributed by atoms with Gasteiger partial charge in [-0.2, -0.15) is 91.2 Å². The molecule has 126 heavy (non-hydrogen) atoms. The van der Waals surface area contributed by atoms with Gasteiger partial charge in [-0.3, -0.25) is 9.59 Å². The summed E-state index contributed by atoms with van der Waals surface area (Å²) in [5, 5.41) is 86.8. The molecule has 0 unspecified atom stereocenters. The summed E-state index contributed by atoms with van der Waals surface area (Å²) in [4.78, 5) is 34.5. The molecule has 0 saturated carbocycles. The first kappa shape index (κ1) is 100. The maximum absolute atomic E-state index is 12.7. The van der Waals surface area contributed by atoms with Gasteiger partial charge in [-0.25, -0.2) is 4.79 Å². The number of rotatable bonds is 19. The Kier molecular flexibility index (Phi) is 38.6. The van der Waals surface area contributed by atoms with Gasteiger partial charge in [0.15, 0.2) is 13.1 Å². The molecule has 3 aromatic heterocycles. The lowest BCUT2D eigenvalue weighted by Crippen LogP contribution is -2.29. The normalized spacial score (nSPS) is 10.8. The van der Waals surface area contributed by atoms with Crippen molar-refractivity contribution in [2.45, 2.75) is 70.7 Å². The smallest absolute Gasteiger partial charge is 0.480 e. The van der Waals surface area contributed by atoms with Crippen LogP contribution < -0.4 is 27.6 Å². The first-order valence-corrected chi connectivity index (χ1v) is 37.6. The molecule has 0 spiro atoms. The number of halogens is 16. The lowest BCUT2D eigenvalue weighted by Gasteiger charge is -2.11. The molecular formula is C83H73BBrF15N18O8. The predicted octanol–water partition coefficient (Wildman–Crippen LogP) is 16.5. The molecule has 0 aliphatic rings. The highest BCUT2D eigenvalue weighted by Gasteiger charge is 2.34. The summed E-state index contributed by atoms with van der Waals surface area (Å²) in [5.74, 6) is -0.861. The van der Waals surface area contributed by atoms with E-state index in [1.54, 1.807) is 123 Å². The number of anilines is 5. The van der Waals surface area contributed by atoms with Crippen LogP contribution in [-0.4, -0.2) is 127 Å². The molecule has 0 aliphatic carbocycles. The Labute approximate surface area is 716 Å². The van der Waals surface area contributed by atoms with Crippen molar-refractivity contribution in [3.05, 3.63) is 304 Å². The first-order chi connectivity index (χ1) is 59.8. The number of para-hydroxylation sites is 3. The Morgan fingerprint density at radius 1 is 0.460 bits per heavy atom. The van der Waals surface area contributed by atoms with Crippen molar-refractivity contribution in [1.82, 2.24) is 61.0 Å². The quantitative estimate of drug-likeness (QED) is 0.0123. The van der Waals surface area contributed by atoms with Gasteiger partial charge in [0.1, 0.15) is 11.4 Å². The third kappa shape index (κ3) is 33.1. The summed E-state index contributed by atoms with van der Waals surface area (Å²) in [6.45, 7) is 3.61. The summed E-state index contributed by atoms with van der Waals surface area (Å²) < 4.78 is 196. The number of nitriles is 2. The van der Waals surface area contributed by atoms with Gasteiger partial charge < -0.3 is 46.7 Å².